The zero-order chi connectivity index (χ0) is 24.1. The highest BCUT2D eigenvalue weighted by atomic mass is 32.2. The first-order chi connectivity index (χ1) is 15.6. The number of carbonyl (C=O) groups excluding carboxylic acids is 1. The van der Waals surface area contributed by atoms with Crippen molar-refractivity contribution in [3.63, 3.8) is 0 Å². The zero-order valence-corrected chi connectivity index (χ0v) is 20.7. The molecule has 8 nitrogen and oxygen atoms in total. The molecule has 0 saturated carbocycles. The molecule has 2 aromatic carbocycles. The predicted octanol–water partition coefficient (Wildman–Crippen LogP) is 5.71. The van der Waals surface area contributed by atoms with E-state index in [2.05, 4.69) is 5.32 Å². The van der Waals surface area contributed by atoms with Gasteiger partial charge >= 0.3 is 13.9 Å². The van der Waals surface area contributed by atoms with Crippen molar-refractivity contribution < 1.29 is 32.8 Å². The molecule has 2 aromatic rings. The van der Waals surface area contributed by atoms with Gasteiger partial charge in [-0.3, -0.25) is 9.42 Å². The fourth-order valence-electron chi connectivity index (χ4n) is 2.98. The second-order valence-electron chi connectivity index (χ2n) is 8.16. The van der Waals surface area contributed by atoms with E-state index in [9.17, 15) is 14.3 Å². The lowest BCUT2D eigenvalue weighted by molar-refractivity contribution is 0.0525. The number of phosphoric acid groups is 1. The first-order valence-corrected chi connectivity index (χ1v) is 12.7. The van der Waals surface area contributed by atoms with Crippen molar-refractivity contribution in [3.05, 3.63) is 53.6 Å². The van der Waals surface area contributed by atoms with E-state index in [0.717, 1.165) is 15.4 Å². The van der Waals surface area contributed by atoms with Crippen LogP contribution < -0.4 is 10.1 Å². The first-order valence-electron chi connectivity index (χ1n) is 10.4. The molecular weight excluding hydrogens is 465 g/mol. The van der Waals surface area contributed by atoms with Crippen LogP contribution in [-0.2, 0) is 18.3 Å². The number of benzene rings is 2. The topological polar surface area (TPSA) is 103 Å². The fourth-order valence-corrected chi connectivity index (χ4v) is 4.93. The van der Waals surface area contributed by atoms with Crippen molar-refractivity contribution >= 4 is 37.5 Å². The van der Waals surface area contributed by atoms with Crippen molar-refractivity contribution in [1.29, 1.82) is 0 Å². The Bertz CT molecular complexity index is 1080. The van der Waals surface area contributed by atoms with E-state index >= 15 is 0 Å². The van der Waals surface area contributed by atoms with E-state index in [4.69, 9.17) is 18.5 Å². The molecule has 1 aliphatic rings. The largest absolute Gasteiger partial charge is 0.527 e. The summed E-state index contributed by atoms with van der Waals surface area (Å²) in [6, 6.07) is 13.1. The van der Waals surface area contributed by atoms with Crippen LogP contribution in [0.15, 0.2) is 52.3 Å². The van der Waals surface area contributed by atoms with Crippen molar-refractivity contribution in [1.82, 2.24) is 5.32 Å². The normalized spacial score (nSPS) is 14.6. The van der Waals surface area contributed by atoms with Crippen molar-refractivity contribution in [3.8, 4) is 5.75 Å². The molecule has 178 valence electrons. The molecule has 0 fully saturated rings. The molecule has 0 saturated heterocycles. The Balaban J connectivity index is 1.68. The monoisotopic (exact) mass is 493 g/mol. The number of nitrogens with one attached hydrogen (secondary N) is 1. The van der Waals surface area contributed by atoms with E-state index in [1.54, 1.807) is 46.1 Å². The summed E-state index contributed by atoms with van der Waals surface area (Å²) in [7, 11) is -2.86. The molecular formula is C23H28NO7PS. The molecule has 1 atom stereocenters. The van der Waals surface area contributed by atoms with Crippen LogP contribution in [0.4, 0.5) is 4.79 Å². The average molecular weight is 494 g/mol. The van der Waals surface area contributed by atoms with Crippen LogP contribution in [-0.4, -0.2) is 36.8 Å². The highest BCUT2D eigenvalue weighted by molar-refractivity contribution is 7.99. The van der Waals surface area contributed by atoms with Gasteiger partial charge in [0.25, 0.3) is 0 Å². The minimum atomic E-state index is -4.43. The summed E-state index contributed by atoms with van der Waals surface area (Å²) in [5.74, 6) is 0.838. The third kappa shape index (κ3) is 7.27. The summed E-state index contributed by atoms with van der Waals surface area (Å²) in [5.41, 5.74) is 0.870. The highest BCUT2D eigenvalue weighted by Crippen LogP contribution is 2.52. The molecule has 0 spiro atoms. The quantitative estimate of drug-likeness (QED) is 0.356. The maximum Gasteiger partial charge on any atom is 0.527 e. The Morgan fingerprint density at radius 2 is 1.91 bits per heavy atom. The van der Waals surface area contributed by atoms with Crippen LogP contribution in [0.25, 0.3) is 11.8 Å². The number of fused-ring (bicyclic) bond motifs is 2. The number of hydrogen-bond acceptors (Lipinski definition) is 7. The third-order valence-electron chi connectivity index (χ3n) is 4.34. The number of phosphoric ester groups is 1. The minimum absolute atomic E-state index is 0.0901. The van der Waals surface area contributed by atoms with Gasteiger partial charge in [0.2, 0.25) is 0 Å². The van der Waals surface area contributed by atoms with E-state index in [1.165, 1.54) is 11.8 Å². The number of methoxy groups -OCH3 is 1. The molecule has 33 heavy (non-hydrogen) atoms. The van der Waals surface area contributed by atoms with Gasteiger partial charge < -0.3 is 19.3 Å². The summed E-state index contributed by atoms with van der Waals surface area (Å²) >= 11 is 1.49. The number of ether oxygens (including phenoxy) is 2. The summed E-state index contributed by atoms with van der Waals surface area (Å²) in [6.07, 6.45) is 1.45. The molecule has 3 rings (SSSR count). The molecule has 1 unspecified atom stereocenters. The van der Waals surface area contributed by atoms with E-state index < -0.39 is 19.5 Å². The van der Waals surface area contributed by atoms with Crippen LogP contribution in [0.2, 0.25) is 0 Å². The van der Waals surface area contributed by atoms with Crippen LogP contribution in [0, 0.1) is 0 Å². The van der Waals surface area contributed by atoms with Gasteiger partial charge in [0.05, 0.1) is 18.6 Å². The van der Waals surface area contributed by atoms with Gasteiger partial charge in [-0.05, 0) is 57.0 Å². The molecule has 10 heteroatoms. The summed E-state index contributed by atoms with van der Waals surface area (Å²) in [5, 5.41) is 2.57. The third-order valence-corrected chi connectivity index (χ3v) is 6.49. The maximum absolute atomic E-state index is 12.7. The standard InChI is InChI=1S/C23H28NO7PS/c1-23(2,3)30-22(25)24-13-8-14-29-32(26,27)31-19-15-16-9-5-6-12-20(16)33-21-17(19)10-7-11-18(21)28-4/h5-7,9-12,15H,8,13-14H2,1-4H3,(H,24,25)(H,26,27). The number of carbonyl (C=O) groups is 1. The van der Waals surface area contributed by atoms with E-state index in [-0.39, 0.29) is 18.9 Å². The average Bonchev–Trinajstić information content (AvgIpc) is 2.88. The van der Waals surface area contributed by atoms with Crippen LogP contribution in [0.1, 0.15) is 38.3 Å². The van der Waals surface area contributed by atoms with Crippen molar-refractivity contribution in [2.45, 2.75) is 42.6 Å². The smallest absolute Gasteiger partial charge is 0.496 e. The number of alkyl carbamates (subject to hydrolysis) is 1. The molecule has 2 N–H and O–H groups in total. The van der Waals surface area contributed by atoms with E-state index in [1.807, 2.05) is 30.3 Å². The SMILES string of the molecule is COc1cccc2c1Sc1ccccc1C=C2OP(=O)(O)OCCCNC(=O)OC(C)(C)C. The van der Waals surface area contributed by atoms with Gasteiger partial charge in [0.15, 0.2) is 0 Å². The van der Waals surface area contributed by atoms with Gasteiger partial charge in [-0.15, -0.1) is 0 Å². The van der Waals surface area contributed by atoms with Crippen molar-refractivity contribution in [2.75, 3.05) is 20.3 Å². The second-order valence-corrected chi connectivity index (χ2v) is 10.6. The lowest BCUT2D eigenvalue weighted by Gasteiger charge is -2.20. The van der Waals surface area contributed by atoms with Crippen LogP contribution in [0.3, 0.4) is 0 Å². The summed E-state index contributed by atoms with van der Waals surface area (Å²) < 4.78 is 33.9. The lowest BCUT2D eigenvalue weighted by atomic mass is 10.1. The Hall–Kier alpha value is -2.45. The number of rotatable bonds is 8. The first kappa shape index (κ1) is 25.2. The van der Waals surface area contributed by atoms with Crippen LogP contribution >= 0.6 is 19.6 Å². The number of amides is 1. The Morgan fingerprint density at radius 1 is 1.15 bits per heavy atom. The van der Waals surface area contributed by atoms with Gasteiger partial charge in [0, 0.05) is 17.0 Å². The van der Waals surface area contributed by atoms with E-state index in [0.29, 0.717) is 17.7 Å². The Labute approximate surface area is 197 Å². The summed E-state index contributed by atoms with van der Waals surface area (Å²) in [6.45, 7) is 5.43. The van der Waals surface area contributed by atoms with Crippen LogP contribution in [0.5, 0.6) is 5.75 Å². The molecule has 1 aliphatic heterocycles. The summed E-state index contributed by atoms with van der Waals surface area (Å²) in [4.78, 5) is 23.7. The van der Waals surface area contributed by atoms with Gasteiger partial charge in [0.1, 0.15) is 17.1 Å². The van der Waals surface area contributed by atoms with Gasteiger partial charge in [-0.2, -0.15) is 0 Å². The molecule has 0 aliphatic carbocycles. The van der Waals surface area contributed by atoms with Gasteiger partial charge in [-0.1, -0.05) is 36.0 Å². The highest BCUT2D eigenvalue weighted by Gasteiger charge is 2.28. The molecule has 0 bridgehead atoms. The predicted molar refractivity (Wildman–Crippen MR) is 127 cm³/mol. The van der Waals surface area contributed by atoms with Gasteiger partial charge in [-0.25, -0.2) is 9.36 Å². The van der Waals surface area contributed by atoms with Crippen molar-refractivity contribution in [2.24, 2.45) is 0 Å². The minimum Gasteiger partial charge on any atom is -0.496 e. The fraction of sp³-hybridized carbons (Fsp3) is 0.348. The molecule has 1 amide bonds. The maximum atomic E-state index is 12.7. The molecule has 0 aromatic heterocycles. The molecule has 1 heterocycles. The lowest BCUT2D eigenvalue weighted by Crippen LogP contribution is -2.33. The number of hydrogen-bond donors (Lipinski definition) is 2. The molecule has 0 radical (unpaired) electrons. The Kier molecular flexibility index (Phi) is 8.13. The Morgan fingerprint density at radius 3 is 2.64 bits per heavy atom. The zero-order valence-electron chi connectivity index (χ0n) is 19.0. The second kappa shape index (κ2) is 10.7.